The highest BCUT2D eigenvalue weighted by molar-refractivity contribution is 6.03. The van der Waals surface area contributed by atoms with E-state index in [2.05, 4.69) is 30.1 Å². The van der Waals surface area contributed by atoms with Crippen molar-refractivity contribution in [3.05, 3.63) is 48.1 Å². The molecule has 1 fully saturated rings. The first-order valence-electron chi connectivity index (χ1n) is 22.9. The van der Waals surface area contributed by atoms with Crippen molar-refractivity contribution in [3.8, 4) is 11.5 Å². The third kappa shape index (κ3) is 13.3. The number of ether oxygens (including phenoxy) is 4. The van der Waals surface area contributed by atoms with Crippen LogP contribution in [-0.2, 0) is 19.1 Å². The number of allylic oxidation sites excluding steroid dienone is 1. The Kier molecular flexibility index (Phi) is 21.9. The lowest BCUT2D eigenvalue weighted by molar-refractivity contribution is -0.258. The number of hydrogen-bond donors (Lipinski definition) is 4. The van der Waals surface area contributed by atoms with E-state index in [-0.39, 0.29) is 76.3 Å². The first-order chi connectivity index (χ1) is 29.3. The van der Waals surface area contributed by atoms with Crippen LogP contribution < -0.4 is 14.8 Å². The predicted octanol–water partition coefficient (Wildman–Crippen LogP) is 7.82. The Labute approximate surface area is 358 Å². The molecule has 1 aromatic carbocycles. The van der Waals surface area contributed by atoms with Gasteiger partial charge in [0, 0.05) is 50.6 Å². The molecule has 1 saturated carbocycles. The lowest BCUT2D eigenvalue weighted by Gasteiger charge is -2.60. The molecule has 0 aromatic heterocycles. The van der Waals surface area contributed by atoms with Crippen LogP contribution >= 0.6 is 0 Å². The van der Waals surface area contributed by atoms with Crippen molar-refractivity contribution in [2.75, 3.05) is 59.8 Å². The van der Waals surface area contributed by atoms with Gasteiger partial charge in [-0.3, -0.25) is 4.79 Å². The number of amides is 2. The number of carbonyl (C=O) groups is 2. The zero-order chi connectivity index (χ0) is 43.2. The fourth-order valence-electron chi connectivity index (χ4n) is 9.62. The molecule has 4 N–H and O–H groups in total. The Balaban J connectivity index is 1.86. The average Bonchev–Trinajstić information content (AvgIpc) is 3.24. The molecule has 0 radical (unpaired) electrons. The number of benzene rings is 1. The first kappa shape index (κ1) is 49.2. The summed E-state index contributed by atoms with van der Waals surface area (Å²) in [6.07, 6.45) is 18.8. The van der Waals surface area contributed by atoms with E-state index in [0.29, 0.717) is 43.0 Å². The quantitative estimate of drug-likeness (QED) is 0.0341. The van der Waals surface area contributed by atoms with Gasteiger partial charge in [-0.25, -0.2) is 4.79 Å². The SMILES string of the molecule is C=CCO[C@@]12Oc3ccc(OC(=O)NCC)cc3[C@H]3[C@H](CCCCO)[C@@H](CCCCO)C=C(C(=NOC)C[C@@H]1N(CCOCCO)C(=O)CCCCCCCCCCC)[C@H]32. The predicted molar refractivity (Wildman–Crippen MR) is 233 cm³/mol. The molecule has 60 heavy (non-hydrogen) atoms. The van der Waals surface area contributed by atoms with Crippen molar-refractivity contribution >= 4 is 17.7 Å². The van der Waals surface area contributed by atoms with Crippen LogP contribution in [-0.4, -0.2) is 110 Å². The molecule has 1 aromatic rings. The summed E-state index contributed by atoms with van der Waals surface area (Å²) in [6.45, 7) is 9.28. The standard InChI is InChI=1S/C47H75N3O10/c1-5-8-9-10-11-12-13-14-15-22-43(54)50(25-30-57-31-28-53)42-34-40(49-56-4)38-32-35(20-16-18-26-51)37(21-17-19-27-52)44-39-33-36(59-46(55)48-7-3)23-24-41(39)60-47(42,45(38)44)58-29-6-2/h6,23-24,32-33,35,37,42,44-45,51-53H,2,5,7-22,25-31,34H2,1,3-4H3,(H,48,55)/t35-,37+,42-,44+,45+,47+/m0/s1. The number of hydrogen-bond acceptors (Lipinski definition) is 11. The van der Waals surface area contributed by atoms with E-state index >= 15 is 0 Å². The van der Waals surface area contributed by atoms with Gasteiger partial charge >= 0.3 is 6.09 Å². The van der Waals surface area contributed by atoms with E-state index in [4.69, 9.17) is 23.8 Å². The Bertz CT molecular complexity index is 1520. The van der Waals surface area contributed by atoms with E-state index < -0.39 is 23.8 Å². The molecule has 338 valence electrons. The number of fused-ring (bicyclic) bond motifs is 2. The number of rotatable bonds is 30. The lowest BCUT2D eigenvalue weighted by Crippen LogP contribution is -2.70. The maximum Gasteiger partial charge on any atom is 0.412 e. The van der Waals surface area contributed by atoms with Gasteiger partial charge < -0.3 is 49.3 Å². The van der Waals surface area contributed by atoms with Crippen LogP contribution in [0.4, 0.5) is 4.79 Å². The van der Waals surface area contributed by atoms with Gasteiger partial charge in [0.15, 0.2) is 0 Å². The molecule has 0 spiro atoms. The largest absolute Gasteiger partial charge is 0.459 e. The summed E-state index contributed by atoms with van der Waals surface area (Å²) in [5.74, 6) is -1.12. The monoisotopic (exact) mass is 842 g/mol. The fourth-order valence-corrected chi connectivity index (χ4v) is 9.62. The minimum atomic E-state index is -1.40. The molecule has 2 amide bonds. The maximum atomic E-state index is 14.7. The van der Waals surface area contributed by atoms with E-state index in [1.54, 1.807) is 12.1 Å². The van der Waals surface area contributed by atoms with Gasteiger partial charge in [-0.15, -0.1) is 6.58 Å². The second-order valence-electron chi connectivity index (χ2n) is 16.4. The molecule has 0 unspecified atom stereocenters. The van der Waals surface area contributed by atoms with Crippen molar-refractivity contribution in [2.24, 2.45) is 22.9 Å². The molecule has 2 aliphatic carbocycles. The molecular formula is C47H75N3O10. The summed E-state index contributed by atoms with van der Waals surface area (Å²) in [5, 5.41) is 36.6. The average molecular weight is 842 g/mol. The highest BCUT2D eigenvalue weighted by atomic mass is 16.7. The van der Waals surface area contributed by atoms with Crippen molar-refractivity contribution in [1.29, 1.82) is 0 Å². The number of carbonyl (C=O) groups excluding carboxylic acids is 2. The highest BCUT2D eigenvalue weighted by Crippen LogP contribution is 2.62. The van der Waals surface area contributed by atoms with Gasteiger partial charge in [0.05, 0.1) is 38.1 Å². The maximum absolute atomic E-state index is 14.7. The van der Waals surface area contributed by atoms with Gasteiger partial charge in [0.1, 0.15) is 24.7 Å². The van der Waals surface area contributed by atoms with Crippen LogP contribution in [0.5, 0.6) is 11.5 Å². The number of unbranched alkanes of at least 4 members (excludes halogenated alkanes) is 10. The minimum Gasteiger partial charge on any atom is -0.459 e. The van der Waals surface area contributed by atoms with Crippen molar-refractivity contribution in [2.45, 2.75) is 141 Å². The molecular weight excluding hydrogens is 767 g/mol. The summed E-state index contributed by atoms with van der Waals surface area (Å²) in [6, 6.07) is 4.78. The van der Waals surface area contributed by atoms with Gasteiger partial charge in [0.2, 0.25) is 11.7 Å². The topological polar surface area (TPSA) is 169 Å². The lowest BCUT2D eigenvalue weighted by atomic mass is 9.55. The van der Waals surface area contributed by atoms with Crippen LogP contribution in [0.25, 0.3) is 0 Å². The molecule has 0 bridgehead atoms. The number of oxime groups is 1. The van der Waals surface area contributed by atoms with Gasteiger partial charge in [0.25, 0.3) is 0 Å². The van der Waals surface area contributed by atoms with Gasteiger partial charge in [-0.1, -0.05) is 88.4 Å². The molecule has 13 heteroatoms. The smallest absolute Gasteiger partial charge is 0.412 e. The third-order valence-electron chi connectivity index (χ3n) is 12.3. The second-order valence-corrected chi connectivity index (χ2v) is 16.4. The zero-order valence-corrected chi connectivity index (χ0v) is 36.8. The minimum absolute atomic E-state index is 0.0274. The molecule has 1 aliphatic heterocycles. The van der Waals surface area contributed by atoms with E-state index in [1.807, 2.05) is 24.0 Å². The Morgan fingerprint density at radius 3 is 2.33 bits per heavy atom. The van der Waals surface area contributed by atoms with Gasteiger partial charge in [-0.2, -0.15) is 0 Å². The van der Waals surface area contributed by atoms with E-state index in [1.165, 1.54) is 39.2 Å². The molecule has 1 heterocycles. The molecule has 3 aliphatic rings. The fraction of sp³-hybridized carbons (Fsp3) is 0.723. The van der Waals surface area contributed by atoms with Crippen LogP contribution in [0.15, 0.2) is 47.7 Å². The first-order valence-corrected chi connectivity index (χ1v) is 22.9. The van der Waals surface area contributed by atoms with Crippen molar-refractivity contribution in [1.82, 2.24) is 10.2 Å². The van der Waals surface area contributed by atoms with E-state index in [9.17, 15) is 24.9 Å². The number of aliphatic hydroxyl groups is 3. The normalized spacial score (nSPS) is 23.5. The summed E-state index contributed by atoms with van der Waals surface area (Å²) in [7, 11) is 1.53. The van der Waals surface area contributed by atoms with Gasteiger partial charge in [-0.05, 0) is 74.6 Å². The summed E-state index contributed by atoms with van der Waals surface area (Å²) < 4.78 is 25.9. The summed E-state index contributed by atoms with van der Waals surface area (Å²) in [5.41, 5.74) is 2.50. The summed E-state index contributed by atoms with van der Waals surface area (Å²) in [4.78, 5) is 34.8. The molecule has 4 rings (SSSR count). The zero-order valence-electron chi connectivity index (χ0n) is 36.8. The Morgan fingerprint density at radius 1 is 0.950 bits per heavy atom. The molecule has 6 atom stereocenters. The molecule has 13 nitrogen and oxygen atoms in total. The highest BCUT2D eigenvalue weighted by Gasteiger charge is 2.65. The Hall–Kier alpha value is -3.49. The number of nitrogens with zero attached hydrogens (tertiary/aromatic N) is 2. The van der Waals surface area contributed by atoms with Crippen LogP contribution in [0.1, 0.15) is 134 Å². The number of aliphatic hydroxyl groups excluding tert-OH is 3. The van der Waals surface area contributed by atoms with Crippen LogP contribution in [0.2, 0.25) is 0 Å². The number of nitrogens with one attached hydrogen (secondary N) is 1. The second kappa shape index (κ2) is 26.8. The Morgan fingerprint density at radius 2 is 1.67 bits per heavy atom. The van der Waals surface area contributed by atoms with Crippen molar-refractivity contribution < 1.29 is 48.7 Å². The van der Waals surface area contributed by atoms with Crippen LogP contribution in [0.3, 0.4) is 0 Å². The summed E-state index contributed by atoms with van der Waals surface area (Å²) >= 11 is 0. The van der Waals surface area contributed by atoms with Crippen LogP contribution in [0, 0.1) is 17.8 Å². The third-order valence-corrected chi connectivity index (χ3v) is 12.3. The molecule has 0 saturated heterocycles. The van der Waals surface area contributed by atoms with E-state index in [0.717, 1.165) is 62.5 Å². The van der Waals surface area contributed by atoms with Crippen molar-refractivity contribution in [3.63, 3.8) is 0 Å².